The minimum atomic E-state index is -0.910. The van der Waals surface area contributed by atoms with Crippen molar-refractivity contribution in [3.8, 4) is 11.1 Å². The predicted octanol–water partition coefficient (Wildman–Crippen LogP) is 4.28. The molecule has 0 aliphatic carbocycles. The van der Waals surface area contributed by atoms with Crippen LogP contribution in [0.2, 0.25) is 0 Å². The van der Waals surface area contributed by atoms with Crippen LogP contribution in [0, 0.1) is 5.92 Å². The summed E-state index contributed by atoms with van der Waals surface area (Å²) in [6.07, 6.45) is 5.41. The standard InChI is InChI=1S/C25H30N2O3/c28-24(27-14-5-2-6-15-27)21-10-7-13-26(17-21)18-22-16-20(25(29)30)11-12-23(22)19-8-3-1-4-9-19/h1,3-4,8-9,11-12,16,21H,2,5-7,10,13-15,17-18H2,(H,29,30). The highest BCUT2D eigenvalue weighted by atomic mass is 16.4. The van der Waals surface area contributed by atoms with E-state index in [1.54, 1.807) is 12.1 Å². The van der Waals surface area contributed by atoms with Crippen molar-refractivity contribution in [1.29, 1.82) is 0 Å². The third-order valence-electron chi connectivity index (χ3n) is 6.35. The molecule has 2 aliphatic rings. The monoisotopic (exact) mass is 406 g/mol. The first-order chi connectivity index (χ1) is 14.6. The first-order valence-corrected chi connectivity index (χ1v) is 11.0. The normalized spacial score (nSPS) is 20.1. The van der Waals surface area contributed by atoms with E-state index in [-0.39, 0.29) is 5.92 Å². The average Bonchev–Trinajstić information content (AvgIpc) is 2.80. The zero-order chi connectivity index (χ0) is 20.9. The Hall–Kier alpha value is -2.66. The number of benzene rings is 2. The summed E-state index contributed by atoms with van der Waals surface area (Å²) in [4.78, 5) is 28.9. The van der Waals surface area contributed by atoms with Gasteiger partial charge in [-0.05, 0) is 67.5 Å². The summed E-state index contributed by atoms with van der Waals surface area (Å²) in [5.41, 5.74) is 3.46. The summed E-state index contributed by atoms with van der Waals surface area (Å²) in [6, 6.07) is 15.5. The predicted molar refractivity (Wildman–Crippen MR) is 117 cm³/mol. The van der Waals surface area contributed by atoms with Gasteiger partial charge in [-0.2, -0.15) is 0 Å². The Labute approximate surface area is 178 Å². The van der Waals surface area contributed by atoms with Crippen LogP contribution >= 0.6 is 0 Å². The Morgan fingerprint density at radius 1 is 0.933 bits per heavy atom. The van der Waals surface area contributed by atoms with Crippen LogP contribution in [0.3, 0.4) is 0 Å². The number of carboxylic acid groups (broad SMARTS) is 1. The fourth-order valence-corrected chi connectivity index (χ4v) is 4.77. The minimum Gasteiger partial charge on any atom is -0.478 e. The maximum atomic E-state index is 13.0. The second-order valence-corrected chi connectivity index (χ2v) is 8.50. The summed E-state index contributed by atoms with van der Waals surface area (Å²) >= 11 is 0. The third kappa shape index (κ3) is 4.73. The summed E-state index contributed by atoms with van der Waals surface area (Å²) in [5, 5.41) is 9.47. The highest BCUT2D eigenvalue weighted by Gasteiger charge is 2.30. The SMILES string of the molecule is O=C(O)c1ccc(-c2ccccc2)c(CN2CCCC(C(=O)N3CCCCC3)C2)c1. The highest BCUT2D eigenvalue weighted by Crippen LogP contribution is 2.28. The number of piperidine rings is 2. The van der Waals surface area contributed by atoms with Gasteiger partial charge in [0.15, 0.2) is 0 Å². The Bertz CT molecular complexity index is 891. The largest absolute Gasteiger partial charge is 0.478 e. The van der Waals surface area contributed by atoms with Crippen LogP contribution in [0.5, 0.6) is 0 Å². The van der Waals surface area contributed by atoms with Gasteiger partial charge in [-0.3, -0.25) is 9.69 Å². The lowest BCUT2D eigenvalue weighted by Crippen LogP contribution is -2.46. The number of rotatable bonds is 5. The van der Waals surface area contributed by atoms with E-state index in [1.165, 1.54) is 6.42 Å². The van der Waals surface area contributed by atoms with Crippen molar-refractivity contribution >= 4 is 11.9 Å². The molecule has 158 valence electrons. The molecule has 2 heterocycles. The van der Waals surface area contributed by atoms with Gasteiger partial charge in [0, 0.05) is 26.2 Å². The maximum Gasteiger partial charge on any atom is 0.335 e. The molecular weight excluding hydrogens is 376 g/mol. The molecule has 0 spiro atoms. The maximum absolute atomic E-state index is 13.0. The van der Waals surface area contributed by atoms with Crippen LogP contribution in [-0.2, 0) is 11.3 Å². The molecule has 0 radical (unpaired) electrons. The summed E-state index contributed by atoms with van der Waals surface area (Å²) in [5.74, 6) is -0.547. The molecule has 0 saturated carbocycles. The molecule has 4 rings (SSSR count). The van der Waals surface area contributed by atoms with Crippen LogP contribution in [0.4, 0.5) is 0 Å². The highest BCUT2D eigenvalue weighted by molar-refractivity contribution is 5.89. The molecule has 2 aromatic carbocycles. The fraction of sp³-hybridized carbons (Fsp3) is 0.440. The lowest BCUT2D eigenvalue weighted by molar-refractivity contribution is -0.138. The van der Waals surface area contributed by atoms with Gasteiger partial charge in [-0.15, -0.1) is 0 Å². The molecule has 2 fully saturated rings. The molecule has 1 N–H and O–H groups in total. The number of amides is 1. The minimum absolute atomic E-state index is 0.0553. The number of hydrogen-bond donors (Lipinski definition) is 1. The van der Waals surface area contributed by atoms with E-state index in [4.69, 9.17) is 0 Å². The molecule has 1 atom stereocenters. The molecule has 1 amide bonds. The van der Waals surface area contributed by atoms with Crippen molar-refractivity contribution in [1.82, 2.24) is 9.80 Å². The van der Waals surface area contributed by atoms with Crippen molar-refractivity contribution < 1.29 is 14.7 Å². The van der Waals surface area contributed by atoms with Gasteiger partial charge < -0.3 is 10.0 Å². The van der Waals surface area contributed by atoms with Crippen LogP contribution < -0.4 is 0 Å². The number of aromatic carboxylic acids is 1. The van der Waals surface area contributed by atoms with Crippen LogP contribution in [0.1, 0.15) is 48.0 Å². The van der Waals surface area contributed by atoms with E-state index in [0.717, 1.165) is 68.6 Å². The van der Waals surface area contributed by atoms with Gasteiger partial charge in [0.25, 0.3) is 0 Å². The van der Waals surface area contributed by atoms with Gasteiger partial charge in [0.1, 0.15) is 0 Å². The first-order valence-electron chi connectivity index (χ1n) is 11.0. The average molecular weight is 407 g/mol. The number of carbonyl (C=O) groups is 2. The van der Waals surface area contributed by atoms with Gasteiger partial charge in [0.05, 0.1) is 11.5 Å². The molecule has 2 aliphatic heterocycles. The fourth-order valence-electron chi connectivity index (χ4n) is 4.77. The van der Waals surface area contributed by atoms with Gasteiger partial charge in [-0.25, -0.2) is 4.79 Å². The molecule has 0 bridgehead atoms. The second kappa shape index (κ2) is 9.43. The van der Waals surface area contributed by atoms with Crippen molar-refractivity contribution in [3.05, 3.63) is 59.7 Å². The molecular formula is C25H30N2O3. The van der Waals surface area contributed by atoms with Crippen LogP contribution in [-0.4, -0.2) is 53.0 Å². The van der Waals surface area contributed by atoms with Gasteiger partial charge in [-0.1, -0.05) is 36.4 Å². The summed E-state index contributed by atoms with van der Waals surface area (Å²) in [6.45, 7) is 4.15. The summed E-state index contributed by atoms with van der Waals surface area (Å²) in [7, 11) is 0. The Kier molecular flexibility index (Phi) is 6.48. The van der Waals surface area contributed by atoms with Crippen molar-refractivity contribution in [2.75, 3.05) is 26.2 Å². The molecule has 0 aromatic heterocycles. The van der Waals surface area contributed by atoms with E-state index < -0.39 is 5.97 Å². The Balaban J connectivity index is 1.53. The zero-order valence-corrected chi connectivity index (χ0v) is 17.4. The van der Waals surface area contributed by atoms with Crippen molar-refractivity contribution in [2.24, 2.45) is 5.92 Å². The van der Waals surface area contributed by atoms with E-state index in [1.807, 2.05) is 24.3 Å². The number of carboxylic acids is 1. The second-order valence-electron chi connectivity index (χ2n) is 8.50. The topological polar surface area (TPSA) is 60.9 Å². The molecule has 1 unspecified atom stereocenters. The third-order valence-corrected chi connectivity index (χ3v) is 6.35. The van der Waals surface area contributed by atoms with E-state index in [2.05, 4.69) is 21.9 Å². The zero-order valence-electron chi connectivity index (χ0n) is 17.4. The number of nitrogens with zero attached hydrogens (tertiary/aromatic N) is 2. The van der Waals surface area contributed by atoms with Gasteiger partial charge >= 0.3 is 5.97 Å². The van der Waals surface area contributed by atoms with Crippen LogP contribution in [0.25, 0.3) is 11.1 Å². The number of carbonyl (C=O) groups excluding carboxylic acids is 1. The number of hydrogen-bond acceptors (Lipinski definition) is 3. The first kappa shape index (κ1) is 20.6. The molecule has 2 saturated heterocycles. The van der Waals surface area contributed by atoms with Crippen molar-refractivity contribution in [3.63, 3.8) is 0 Å². The number of likely N-dealkylation sites (tertiary alicyclic amines) is 2. The quantitative estimate of drug-likeness (QED) is 0.805. The van der Waals surface area contributed by atoms with E-state index in [9.17, 15) is 14.7 Å². The van der Waals surface area contributed by atoms with Gasteiger partial charge in [0.2, 0.25) is 5.91 Å². The van der Waals surface area contributed by atoms with Crippen LogP contribution in [0.15, 0.2) is 48.5 Å². The molecule has 5 nitrogen and oxygen atoms in total. The molecule has 30 heavy (non-hydrogen) atoms. The van der Waals surface area contributed by atoms with E-state index in [0.29, 0.717) is 18.0 Å². The van der Waals surface area contributed by atoms with Crippen molar-refractivity contribution in [2.45, 2.75) is 38.6 Å². The molecule has 2 aromatic rings. The van der Waals surface area contributed by atoms with E-state index >= 15 is 0 Å². The lowest BCUT2D eigenvalue weighted by atomic mass is 9.93. The Morgan fingerprint density at radius 3 is 2.43 bits per heavy atom. The Morgan fingerprint density at radius 2 is 1.70 bits per heavy atom. The smallest absolute Gasteiger partial charge is 0.335 e. The lowest BCUT2D eigenvalue weighted by Gasteiger charge is -2.36. The molecule has 5 heteroatoms. The summed E-state index contributed by atoms with van der Waals surface area (Å²) < 4.78 is 0.